The SMILES string of the molecule is O=C1C[C@@H]2OCC=C3CN4CC[C@@]56c7ccccc7N1[C@H]5[C@H]2[C@H]3C[C@@H]46. The van der Waals surface area contributed by atoms with Gasteiger partial charge < -0.3 is 9.64 Å². The van der Waals surface area contributed by atoms with E-state index in [0.29, 0.717) is 36.9 Å². The van der Waals surface area contributed by atoms with E-state index in [1.54, 1.807) is 5.57 Å². The number of benzene rings is 1. The molecule has 1 spiro atoms. The van der Waals surface area contributed by atoms with Crippen molar-refractivity contribution >= 4 is 11.6 Å². The molecule has 4 nitrogen and oxygen atoms in total. The molecule has 1 amide bonds. The normalized spacial score (nSPS) is 45.9. The first-order chi connectivity index (χ1) is 12.3. The van der Waals surface area contributed by atoms with Crippen LogP contribution >= 0.6 is 0 Å². The van der Waals surface area contributed by atoms with Crippen molar-refractivity contribution in [1.82, 2.24) is 4.90 Å². The minimum atomic E-state index is 0.104. The molecule has 0 unspecified atom stereocenters. The molecule has 1 aromatic rings. The lowest BCUT2D eigenvalue weighted by atomic mass is 9.53. The minimum Gasteiger partial charge on any atom is -0.373 e. The summed E-state index contributed by atoms with van der Waals surface area (Å²) >= 11 is 0. The summed E-state index contributed by atoms with van der Waals surface area (Å²) < 4.78 is 6.25. The lowest BCUT2D eigenvalue weighted by Gasteiger charge is -2.58. The molecule has 2 bridgehead atoms. The summed E-state index contributed by atoms with van der Waals surface area (Å²) in [6.07, 6.45) is 5.43. The molecule has 1 aliphatic carbocycles. The van der Waals surface area contributed by atoms with Crippen LogP contribution in [-0.2, 0) is 14.9 Å². The molecule has 25 heavy (non-hydrogen) atoms. The second kappa shape index (κ2) is 4.18. The van der Waals surface area contributed by atoms with Crippen LogP contribution in [0.4, 0.5) is 5.69 Å². The first kappa shape index (κ1) is 13.5. The molecule has 1 aromatic carbocycles. The van der Waals surface area contributed by atoms with Gasteiger partial charge in [-0.15, -0.1) is 0 Å². The van der Waals surface area contributed by atoms with Crippen LogP contribution < -0.4 is 4.90 Å². The smallest absolute Gasteiger partial charge is 0.229 e. The van der Waals surface area contributed by atoms with Gasteiger partial charge in [-0.05, 0) is 36.9 Å². The summed E-state index contributed by atoms with van der Waals surface area (Å²) in [5, 5.41) is 0. The molecule has 3 saturated heterocycles. The Morgan fingerprint density at radius 1 is 1.24 bits per heavy atom. The van der Waals surface area contributed by atoms with E-state index in [1.165, 1.54) is 30.6 Å². The van der Waals surface area contributed by atoms with Crippen LogP contribution in [-0.4, -0.2) is 48.7 Å². The summed E-state index contributed by atoms with van der Waals surface area (Å²) in [6, 6.07) is 9.64. The van der Waals surface area contributed by atoms with Gasteiger partial charge in [0.15, 0.2) is 0 Å². The molecule has 6 atom stereocenters. The van der Waals surface area contributed by atoms with Crippen LogP contribution in [0.2, 0.25) is 0 Å². The minimum absolute atomic E-state index is 0.104. The molecular formula is C21H22N2O2. The van der Waals surface area contributed by atoms with Crippen molar-refractivity contribution in [1.29, 1.82) is 0 Å². The van der Waals surface area contributed by atoms with Crippen LogP contribution in [0, 0.1) is 11.8 Å². The molecule has 1 saturated carbocycles. The van der Waals surface area contributed by atoms with Crippen molar-refractivity contribution in [3.8, 4) is 0 Å². The summed E-state index contributed by atoms with van der Waals surface area (Å²) in [5.41, 5.74) is 4.35. The number of hydrogen-bond acceptors (Lipinski definition) is 3. The van der Waals surface area contributed by atoms with Gasteiger partial charge in [-0.3, -0.25) is 9.69 Å². The fraction of sp³-hybridized carbons (Fsp3) is 0.571. The van der Waals surface area contributed by atoms with Gasteiger partial charge in [0, 0.05) is 29.6 Å². The van der Waals surface area contributed by atoms with Crippen molar-refractivity contribution in [2.75, 3.05) is 24.6 Å². The van der Waals surface area contributed by atoms with E-state index in [0.717, 1.165) is 6.54 Å². The average molecular weight is 334 g/mol. The average Bonchev–Trinajstić information content (AvgIpc) is 3.10. The molecule has 128 valence electrons. The first-order valence-electron chi connectivity index (χ1n) is 9.75. The Morgan fingerprint density at radius 3 is 3.12 bits per heavy atom. The Bertz CT molecular complexity index is 848. The number of piperidine rings is 2. The molecule has 4 fully saturated rings. The summed E-state index contributed by atoms with van der Waals surface area (Å²) in [6.45, 7) is 2.97. The van der Waals surface area contributed by atoms with Gasteiger partial charge in [-0.2, -0.15) is 0 Å². The lowest BCUT2D eigenvalue weighted by molar-refractivity contribution is -0.132. The number of anilines is 1. The monoisotopic (exact) mass is 334 g/mol. The number of carbonyl (C=O) groups excluding carboxylic acids is 1. The Balaban J connectivity index is 1.55. The predicted octanol–water partition coefficient (Wildman–Crippen LogP) is 2.09. The highest BCUT2D eigenvalue weighted by Gasteiger charge is 2.70. The van der Waals surface area contributed by atoms with Crippen LogP contribution in [0.3, 0.4) is 0 Å². The Kier molecular flexibility index (Phi) is 2.27. The van der Waals surface area contributed by atoms with Gasteiger partial charge in [0.25, 0.3) is 0 Å². The number of amides is 1. The zero-order valence-electron chi connectivity index (χ0n) is 14.2. The molecule has 0 N–H and O–H groups in total. The van der Waals surface area contributed by atoms with Gasteiger partial charge in [0.2, 0.25) is 5.91 Å². The zero-order chi connectivity index (χ0) is 16.3. The van der Waals surface area contributed by atoms with Crippen molar-refractivity contribution in [3.05, 3.63) is 41.5 Å². The number of para-hydroxylation sites is 1. The van der Waals surface area contributed by atoms with Crippen molar-refractivity contribution in [3.63, 3.8) is 0 Å². The molecule has 7 rings (SSSR count). The second-order valence-electron chi connectivity index (χ2n) is 8.78. The van der Waals surface area contributed by atoms with Crippen molar-refractivity contribution in [2.24, 2.45) is 11.8 Å². The Hall–Kier alpha value is -1.65. The summed E-state index contributed by atoms with van der Waals surface area (Å²) in [7, 11) is 0. The van der Waals surface area contributed by atoms with Crippen molar-refractivity contribution in [2.45, 2.75) is 42.9 Å². The molecule has 5 heterocycles. The lowest BCUT2D eigenvalue weighted by Crippen LogP contribution is -2.69. The largest absolute Gasteiger partial charge is 0.373 e. The third-order valence-corrected chi connectivity index (χ3v) is 8.22. The standard InChI is InChI=1S/C21H22N2O2/c24-18-10-16-19-13-9-17-21(6-7-22(17)11-12(13)5-8-25-16)14-3-1-2-4-15(14)23(18)20(19)21/h1-5,13,16-17,19-20H,6-11H2/t13-,16-,17+,19-,20-,21-/m0/s1. The summed E-state index contributed by atoms with van der Waals surface area (Å²) in [5.74, 6) is 1.35. The number of carbonyl (C=O) groups is 1. The van der Waals surface area contributed by atoms with Gasteiger partial charge >= 0.3 is 0 Å². The fourth-order valence-corrected chi connectivity index (χ4v) is 7.51. The molecule has 4 heteroatoms. The number of rotatable bonds is 0. The summed E-state index contributed by atoms with van der Waals surface area (Å²) in [4.78, 5) is 18.1. The van der Waals surface area contributed by atoms with Crippen LogP contribution in [0.15, 0.2) is 35.9 Å². The Labute approximate surface area is 147 Å². The Morgan fingerprint density at radius 2 is 2.16 bits per heavy atom. The maximum atomic E-state index is 13.2. The maximum absolute atomic E-state index is 13.2. The van der Waals surface area contributed by atoms with E-state index < -0.39 is 0 Å². The topological polar surface area (TPSA) is 32.8 Å². The number of hydrogen-bond donors (Lipinski definition) is 0. The highest BCUT2D eigenvalue weighted by atomic mass is 16.5. The van der Waals surface area contributed by atoms with Gasteiger partial charge in [-0.25, -0.2) is 0 Å². The molecule has 5 aliphatic heterocycles. The maximum Gasteiger partial charge on any atom is 0.229 e. The van der Waals surface area contributed by atoms with E-state index >= 15 is 0 Å². The van der Waals surface area contributed by atoms with Crippen LogP contribution in [0.25, 0.3) is 0 Å². The van der Waals surface area contributed by atoms with E-state index in [2.05, 4.69) is 40.1 Å². The van der Waals surface area contributed by atoms with E-state index in [-0.39, 0.29) is 17.4 Å². The van der Waals surface area contributed by atoms with Gasteiger partial charge in [0.05, 0.1) is 25.2 Å². The zero-order valence-corrected chi connectivity index (χ0v) is 14.2. The fourth-order valence-electron chi connectivity index (χ4n) is 7.51. The number of nitrogens with zero attached hydrogens (tertiary/aromatic N) is 2. The molecule has 0 radical (unpaired) electrons. The third kappa shape index (κ3) is 1.33. The van der Waals surface area contributed by atoms with Crippen molar-refractivity contribution < 1.29 is 9.53 Å². The van der Waals surface area contributed by atoms with Crippen LogP contribution in [0.1, 0.15) is 24.8 Å². The first-order valence-corrected chi connectivity index (χ1v) is 9.75. The van der Waals surface area contributed by atoms with Gasteiger partial charge in [0.1, 0.15) is 0 Å². The molecule has 6 aliphatic rings. The third-order valence-electron chi connectivity index (χ3n) is 8.22. The second-order valence-corrected chi connectivity index (χ2v) is 8.78. The van der Waals surface area contributed by atoms with E-state index in [4.69, 9.17) is 4.74 Å². The van der Waals surface area contributed by atoms with Gasteiger partial charge in [-0.1, -0.05) is 29.8 Å². The molecule has 0 aromatic heterocycles. The number of fused-ring (bicyclic) bond motifs is 2. The van der Waals surface area contributed by atoms with E-state index in [1.807, 2.05) is 0 Å². The number of ether oxygens (including phenoxy) is 1. The quantitative estimate of drug-likeness (QED) is 0.681. The predicted molar refractivity (Wildman–Crippen MR) is 93.4 cm³/mol. The highest BCUT2D eigenvalue weighted by Crippen LogP contribution is 2.65. The molecular weight excluding hydrogens is 312 g/mol. The van der Waals surface area contributed by atoms with Crippen LogP contribution in [0.5, 0.6) is 0 Å². The highest BCUT2D eigenvalue weighted by molar-refractivity contribution is 5.99. The van der Waals surface area contributed by atoms with E-state index in [9.17, 15) is 4.79 Å².